The topological polar surface area (TPSA) is 46.4 Å². The Bertz CT molecular complexity index is 287. The van der Waals surface area contributed by atoms with Gasteiger partial charge in [-0.3, -0.25) is 0 Å². The Balaban J connectivity index is 1.69. The molecule has 0 radical (unpaired) electrons. The van der Waals surface area contributed by atoms with Crippen LogP contribution in [0.3, 0.4) is 0 Å². The lowest BCUT2D eigenvalue weighted by Gasteiger charge is -2.18. The third-order valence-electron chi connectivity index (χ3n) is 2.95. The molecule has 90 valence electrons. The van der Waals surface area contributed by atoms with Gasteiger partial charge in [-0.15, -0.1) is 0 Å². The fourth-order valence-corrected chi connectivity index (χ4v) is 2.08. The standard InChI is InChI=1S/C12H20N2O2/c1-2-14-12-9-15-8-10(12)6-13-7-11-4-3-5-16-11/h3-5,10,12-14H,2,6-9H2,1H3. The highest BCUT2D eigenvalue weighted by atomic mass is 16.5. The van der Waals surface area contributed by atoms with Crippen molar-refractivity contribution in [3.05, 3.63) is 24.2 Å². The first-order chi connectivity index (χ1) is 7.90. The normalized spacial score (nSPS) is 25.1. The molecule has 1 aliphatic heterocycles. The fraction of sp³-hybridized carbons (Fsp3) is 0.667. The summed E-state index contributed by atoms with van der Waals surface area (Å²) < 4.78 is 10.7. The summed E-state index contributed by atoms with van der Waals surface area (Å²) in [6.07, 6.45) is 1.71. The van der Waals surface area contributed by atoms with Gasteiger partial charge in [0.25, 0.3) is 0 Å². The summed E-state index contributed by atoms with van der Waals surface area (Å²) in [6.45, 7) is 6.58. The van der Waals surface area contributed by atoms with Gasteiger partial charge in [-0.1, -0.05) is 6.92 Å². The first-order valence-electron chi connectivity index (χ1n) is 5.94. The molecule has 2 heterocycles. The Kier molecular flexibility index (Phi) is 4.39. The van der Waals surface area contributed by atoms with Crippen LogP contribution >= 0.6 is 0 Å². The maximum absolute atomic E-state index is 5.48. The highest BCUT2D eigenvalue weighted by Crippen LogP contribution is 2.12. The summed E-state index contributed by atoms with van der Waals surface area (Å²) in [4.78, 5) is 0. The molecule has 4 nitrogen and oxygen atoms in total. The van der Waals surface area contributed by atoms with Crippen LogP contribution in [0.4, 0.5) is 0 Å². The average Bonchev–Trinajstić information content (AvgIpc) is 2.91. The van der Waals surface area contributed by atoms with Crippen LogP contribution < -0.4 is 10.6 Å². The van der Waals surface area contributed by atoms with Crippen LogP contribution in [-0.4, -0.2) is 32.3 Å². The molecule has 0 amide bonds. The molecular formula is C12H20N2O2. The van der Waals surface area contributed by atoms with E-state index in [-0.39, 0.29) is 0 Å². The third-order valence-corrected chi connectivity index (χ3v) is 2.95. The second-order valence-electron chi connectivity index (χ2n) is 4.17. The first kappa shape index (κ1) is 11.6. The highest BCUT2D eigenvalue weighted by molar-refractivity contribution is 4.97. The molecule has 1 aromatic heterocycles. The van der Waals surface area contributed by atoms with E-state index in [0.29, 0.717) is 12.0 Å². The van der Waals surface area contributed by atoms with Gasteiger partial charge in [0.05, 0.1) is 26.0 Å². The molecule has 0 saturated carbocycles. The quantitative estimate of drug-likeness (QED) is 0.756. The number of nitrogens with one attached hydrogen (secondary N) is 2. The lowest BCUT2D eigenvalue weighted by Crippen LogP contribution is -2.40. The van der Waals surface area contributed by atoms with Crippen LogP contribution in [0.5, 0.6) is 0 Å². The van der Waals surface area contributed by atoms with E-state index in [0.717, 1.165) is 38.6 Å². The van der Waals surface area contributed by atoms with Crippen LogP contribution in [0.15, 0.2) is 22.8 Å². The number of hydrogen-bond acceptors (Lipinski definition) is 4. The number of rotatable bonds is 6. The fourth-order valence-electron chi connectivity index (χ4n) is 2.08. The zero-order chi connectivity index (χ0) is 11.2. The second-order valence-corrected chi connectivity index (χ2v) is 4.17. The van der Waals surface area contributed by atoms with Crippen LogP contribution in [0.25, 0.3) is 0 Å². The molecule has 0 aliphatic carbocycles. The number of ether oxygens (including phenoxy) is 1. The minimum atomic E-state index is 0.495. The molecule has 1 aromatic rings. The van der Waals surface area contributed by atoms with Gasteiger partial charge in [0.1, 0.15) is 5.76 Å². The lowest BCUT2D eigenvalue weighted by atomic mass is 10.0. The Morgan fingerprint density at radius 2 is 2.38 bits per heavy atom. The van der Waals surface area contributed by atoms with Crippen molar-refractivity contribution in [2.24, 2.45) is 5.92 Å². The van der Waals surface area contributed by atoms with Crippen LogP contribution in [0.1, 0.15) is 12.7 Å². The van der Waals surface area contributed by atoms with E-state index in [1.165, 1.54) is 0 Å². The van der Waals surface area contributed by atoms with Crippen molar-refractivity contribution in [1.82, 2.24) is 10.6 Å². The van der Waals surface area contributed by atoms with Crippen molar-refractivity contribution in [2.75, 3.05) is 26.3 Å². The first-order valence-corrected chi connectivity index (χ1v) is 5.94. The molecule has 2 unspecified atom stereocenters. The summed E-state index contributed by atoms with van der Waals surface area (Å²) >= 11 is 0. The predicted molar refractivity (Wildman–Crippen MR) is 62.2 cm³/mol. The van der Waals surface area contributed by atoms with Gasteiger partial charge < -0.3 is 19.8 Å². The molecule has 0 bridgehead atoms. The Labute approximate surface area is 96.4 Å². The zero-order valence-corrected chi connectivity index (χ0v) is 9.74. The van der Waals surface area contributed by atoms with Gasteiger partial charge in [0.15, 0.2) is 0 Å². The van der Waals surface area contributed by atoms with E-state index >= 15 is 0 Å². The van der Waals surface area contributed by atoms with Crippen molar-refractivity contribution in [3.63, 3.8) is 0 Å². The SMILES string of the molecule is CCNC1COCC1CNCc1ccco1. The molecule has 16 heavy (non-hydrogen) atoms. The molecular weight excluding hydrogens is 204 g/mol. The van der Waals surface area contributed by atoms with Crippen LogP contribution in [0, 0.1) is 5.92 Å². The Morgan fingerprint density at radius 3 is 3.12 bits per heavy atom. The van der Waals surface area contributed by atoms with Gasteiger partial charge in [-0.25, -0.2) is 0 Å². The van der Waals surface area contributed by atoms with Crippen molar-refractivity contribution in [3.8, 4) is 0 Å². The van der Waals surface area contributed by atoms with Gasteiger partial charge >= 0.3 is 0 Å². The number of furan rings is 1. The number of likely N-dealkylation sites (N-methyl/N-ethyl adjacent to an activating group) is 1. The van der Waals surface area contributed by atoms with E-state index in [1.54, 1.807) is 6.26 Å². The molecule has 2 atom stereocenters. The molecule has 2 rings (SSSR count). The second kappa shape index (κ2) is 6.03. The van der Waals surface area contributed by atoms with E-state index in [9.17, 15) is 0 Å². The van der Waals surface area contributed by atoms with Gasteiger partial charge in [0.2, 0.25) is 0 Å². The Hall–Kier alpha value is -0.840. The smallest absolute Gasteiger partial charge is 0.117 e. The zero-order valence-electron chi connectivity index (χ0n) is 9.74. The summed E-state index contributed by atoms with van der Waals surface area (Å²) in [5, 5.41) is 6.85. The molecule has 1 aliphatic rings. The summed E-state index contributed by atoms with van der Waals surface area (Å²) in [6, 6.07) is 4.39. The molecule has 2 N–H and O–H groups in total. The van der Waals surface area contributed by atoms with Crippen molar-refractivity contribution in [2.45, 2.75) is 19.5 Å². The van der Waals surface area contributed by atoms with Gasteiger partial charge in [-0.2, -0.15) is 0 Å². The maximum Gasteiger partial charge on any atom is 0.117 e. The van der Waals surface area contributed by atoms with E-state index in [4.69, 9.17) is 9.15 Å². The maximum atomic E-state index is 5.48. The van der Waals surface area contributed by atoms with E-state index < -0.39 is 0 Å². The third kappa shape index (κ3) is 3.07. The Morgan fingerprint density at radius 1 is 1.44 bits per heavy atom. The summed E-state index contributed by atoms with van der Waals surface area (Å²) in [5.74, 6) is 1.55. The largest absolute Gasteiger partial charge is 0.468 e. The van der Waals surface area contributed by atoms with Crippen molar-refractivity contribution in [1.29, 1.82) is 0 Å². The summed E-state index contributed by atoms with van der Waals surface area (Å²) in [7, 11) is 0. The molecule has 0 spiro atoms. The molecule has 1 saturated heterocycles. The van der Waals surface area contributed by atoms with Crippen molar-refractivity contribution < 1.29 is 9.15 Å². The summed E-state index contributed by atoms with van der Waals surface area (Å²) in [5.41, 5.74) is 0. The van der Waals surface area contributed by atoms with Crippen LogP contribution in [-0.2, 0) is 11.3 Å². The van der Waals surface area contributed by atoms with Gasteiger partial charge in [-0.05, 0) is 18.7 Å². The minimum absolute atomic E-state index is 0.495. The van der Waals surface area contributed by atoms with Crippen molar-refractivity contribution >= 4 is 0 Å². The number of hydrogen-bond donors (Lipinski definition) is 2. The highest BCUT2D eigenvalue weighted by Gasteiger charge is 2.26. The van der Waals surface area contributed by atoms with E-state index in [1.807, 2.05) is 12.1 Å². The average molecular weight is 224 g/mol. The van der Waals surface area contributed by atoms with Crippen LogP contribution in [0.2, 0.25) is 0 Å². The molecule has 1 fully saturated rings. The molecule has 4 heteroatoms. The lowest BCUT2D eigenvalue weighted by molar-refractivity contribution is 0.182. The monoisotopic (exact) mass is 224 g/mol. The van der Waals surface area contributed by atoms with Gasteiger partial charge in [0, 0.05) is 18.5 Å². The minimum Gasteiger partial charge on any atom is -0.468 e. The van der Waals surface area contributed by atoms with E-state index in [2.05, 4.69) is 17.6 Å². The predicted octanol–water partition coefficient (Wildman–Crippen LogP) is 0.994. The molecule has 0 aromatic carbocycles.